The summed E-state index contributed by atoms with van der Waals surface area (Å²) in [4.78, 5) is 18.3. The van der Waals surface area contributed by atoms with Crippen LogP contribution in [0.5, 0.6) is 0 Å². The van der Waals surface area contributed by atoms with E-state index in [9.17, 15) is 18.0 Å². The van der Waals surface area contributed by atoms with Gasteiger partial charge in [0.05, 0.1) is 18.4 Å². The summed E-state index contributed by atoms with van der Waals surface area (Å²) in [6.07, 6.45) is -4.19. The van der Waals surface area contributed by atoms with Gasteiger partial charge in [0.2, 0.25) is 11.2 Å². The number of furan rings is 1. The summed E-state index contributed by atoms with van der Waals surface area (Å²) in [6.45, 7) is 1.51. The Balaban J connectivity index is 2.33. The van der Waals surface area contributed by atoms with E-state index in [4.69, 9.17) is 27.6 Å². The van der Waals surface area contributed by atoms with Crippen LogP contribution in [0.1, 0.15) is 28.5 Å². The molecule has 0 spiro atoms. The number of hydrazone groups is 1. The number of hydrogen-bond acceptors (Lipinski definition) is 7. The first kappa shape index (κ1) is 19.0. The van der Waals surface area contributed by atoms with Gasteiger partial charge in [0.25, 0.3) is 0 Å². The number of ether oxygens (including phenoxy) is 1. The zero-order valence-electron chi connectivity index (χ0n) is 12.6. The number of anilines is 1. The van der Waals surface area contributed by atoms with E-state index >= 15 is 0 Å². The molecule has 1 N–H and O–H groups in total. The van der Waals surface area contributed by atoms with Crippen molar-refractivity contribution in [1.82, 2.24) is 9.97 Å². The van der Waals surface area contributed by atoms with E-state index in [1.54, 1.807) is 0 Å². The van der Waals surface area contributed by atoms with Crippen molar-refractivity contribution < 1.29 is 27.1 Å². The van der Waals surface area contributed by atoms with Crippen molar-refractivity contribution in [3.05, 3.63) is 39.5 Å². The molecular formula is C13H9Cl2F3N4O3. The van der Waals surface area contributed by atoms with Crippen LogP contribution >= 0.6 is 23.2 Å². The number of hydrogen-bond donors (Lipinski definition) is 1. The Kier molecular flexibility index (Phi) is 5.53. The number of aromatic nitrogens is 2. The molecule has 7 nitrogen and oxygen atoms in total. The normalized spacial score (nSPS) is 12.2. The molecular weight excluding hydrogens is 388 g/mol. The molecule has 0 saturated heterocycles. The van der Waals surface area contributed by atoms with Crippen LogP contribution in [0, 0.1) is 0 Å². The van der Waals surface area contributed by atoms with E-state index in [2.05, 4.69) is 25.2 Å². The van der Waals surface area contributed by atoms with Gasteiger partial charge in [-0.05, 0) is 30.1 Å². The van der Waals surface area contributed by atoms with Crippen LogP contribution in [0.2, 0.25) is 10.4 Å². The van der Waals surface area contributed by atoms with Crippen LogP contribution < -0.4 is 5.43 Å². The number of esters is 1. The minimum absolute atomic E-state index is 0.0209. The Morgan fingerprint density at radius 3 is 2.56 bits per heavy atom. The average Bonchev–Trinajstić information content (AvgIpc) is 2.89. The Labute approximate surface area is 148 Å². The first-order chi connectivity index (χ1) is 11.6. The number of halogens is 5. The van der Waals surface area contributed by atoms with Crippen molar-refractivity contribution >= 4 is 40.8 Å². The van der Waals surface area contributed by atoms with Gasteiger partial charge >= 0.3 is 12.1 Å². The summed E-state index contributed by atoms with van der Waals surface area (Å²) >= 11 is 11.4. The molecule has 0 aliphatic carbocycles. The third-order valence-electron chi connectivity index (χ3n) is 2.83. The van der Waals surface area contributed by atoms with Crippen molar-refractivity contribution in [3.8, 4) is 0 Å². The van der Waals surface area contributed by atoms with E-state index < -0.39 is 29.4 Å². The lowest BCUT2D eigenvalue weighted by molar-refractivity contribution is -0.141. The third kappa shape index (κ3) is 4.40. The molecule has 0 bridgehead atoms. The minimum atomic E-state index is -4.89. The van der Waals surface area contributed by atoms with Crippen molar-refractivity contribution in [2.75, 3.05) is 12.5 Å². The molecule has 0 radical (unpaired) electrons. The highest BCUT2D eigenvalue weighted by atomic mass is 35.5. The molecule has 0 fully saturated rings. The molecule has 25 heavy (non-hydrogen) atoms. The predicted octanol–water partition coefficient (Wildman–Crippen LogP) is 4.02. The van der Waals surface area contributed by atoms with Gasteiger partial charge < -0.3 is 9.15 Å². The number of carbonyl (C=O) groups is 1. The number of methoxy groups -OCH3 is 1. The van der Waals surface area contributed by atoms with Crippen LogP contribution in [0.4, 0.5) is 19.1 Å². The summed E-state index contributed by atoms with van der Waals surface area (Å²) in [6, 6.07) is 1.38. The molecule has 0 amide bonds. The molecule has 2 rings (SSSR count). The van der Waals surface area contributed by atoms with Crippen molar-refractivity contribution in [2.24, 2.45) is 5.10 Å². The molecule has 0 aromatic carbocycles. The van der Waals surface area contributed by atoms with E-state index in [0.29, 0.717) is 11.8 Å². The highest BCUT2D eigenvalue weighted by molar-refractivity contribution is 6.35. The molecule has 0 saturated carbocycles. The Bertz CT molecular complexity index is 836. The summed E-state index contributed by atoms with van der Waals surface area (Å²) in [7, 11) is 0.947. The molecule has 2 aromatic heterocycles. The van der Waals surface area contributed by atoms with Crippen LogP contribution in [0.3, 0.4) is 0 Å². The molecule has 0 aliphatic heterocycles. The standard InChI is InChI=1S/C13H9Cl2F3N4O3/c1-5(6-3-8(14)25-10(6)15)21-22-12-19-4-7(11(23)24-2)9(20-12)13(16,17)18/h3-4H,1-2H3,(H,19,20,22). The Hall–Kier alpha value is -2.33. The largest absolute Gasteiger partial charge is 0.465 e. The van der Waals surface area contributed by atoms with Gasteiger partial charge in [-0.25, -0.2) is 20.2 Å². The van der Waals surface area contributed by atoms with Gasteiger partial charge in [-0.1, -0.05) is 0 Å². The molecule has 0 aliphatic rings. The lowest BCUT2D eigenvalue weighted by atomic mass is 10.2. The Morgan fingerprint density at radius 2 is 2.04 bits per heavy atom. The van der Waals surface area contributed by atoms with Crippen molar-refractivity contribution in [3.63, 3.8) is 0 Å². The Morgan fingerprint density at radius 1 is 1.36 bits per heavy atom. The van der Waals surface area contributed by atoms with Crippen LogP contribution in [0.15, 0.2) is 21.8 Å². The fraction of sp³-hybridized carbons (Fsp3) is 0.231. The predicted molar refractivity (Wildman–Crippen MR) is 82.9 cm³/mol. The summed E-state index contributed by atoms with van der Waals surface area (Å²) in [5, 5.41) is 3.80. The average molecular weight is 397 g/mol. The maximum absolute atomic E-state index is 13.0. The van der Waals surface area contributed by atoms with E-state index in [1.807, 2.05) is 0 Å². The smallest absolute Gasteiger partial charge is 0.434 e. The SMILES string of the molecule is COC(=O)c1cnc(NN=C(C)c2cc(Cl)oc2Cl)nc1C(F)(F)F. The maximum Gasteiger partial charge on any atom is 0.434 e. The van der Waals surface area contributed by atoms with Crippen molar-refractivity contribution in [2.45, 2.75) is 13.1 Å². The number of rotatable bonds is 4. The lowest BCUT2D eigenvalue weighted by Gasteiger charge is -2.11. The fourth-order valence-corrected chi connectivity index (χ4v) is 2.19. The quantitative estimate of drug-likeness (QED) is 0.476. The van der Waals surface area contributed by atoms with Crippen LogP contribution in [-0.4, -0.2) is 28.8 Å². The minimum Gasteiger partial charge on any atom is -0.465 e. The molecule has 134 valence electrons. The topological polar surface area (TPSA) is 89.6 Å². The van der Waals surface area contributed by atoms with Crippen molar-refractivity contribution in [1.29, 1.82) is 0 Å². The highest BCUT2D eigenvalue weighted by Crippen LogP contribution is 2.31. The zero-order valence-corrected chi connectivity index (χ0v) is 14.1. The molecule has 2 heterocycles. The molecule has 2 aromatic rings. The maximum atomic E-state index is 13.0. The first-order valence-corrected chi connectivity index (χ1v) is 7.17. The monoisotopic (exact) mass is 396 g/mol. The number of alkyl halides is 3. The van der Waals surface area contributed by atoms with E-state index in [-0.39, 0.29) is 16.2 Å². The second-order valence-electron chi connectivity index (χ2n) is 4.49. The van der Waals surface area contributed by atoms with Crippen LogP contribution in [-0.2, 0) is 10.9 Å². The summed E-state index contributed by atoms with van der Waals surface area (Å²) < 4.78 is 48.3. The molecule has 0 atom stereocenters. The fourth-order valence-electron chi connectivity index (χ4n) is 1.69. The van der Waals surface area contributed by atoms with Crippen LogP contribution in [0.25, 0.3) is 0 Å². The number of nitrogens with one attached hydrogen (secondary N) is 1. The zero-order chi connectivity index (χ0) is 18.8. The molecule has 12 heteroatoms. The first-order valence-electron chi connectivity index (χ1n) is 6.41. The van der Waals surface area contributed by atoms with Gasteiger partial charge in [-0.15, -0.1) is 0 Å². The highest BCUT2D eigenvalue weighted by Gasteiger charge is 2.38. The molecule has 0 unspecified atom stereocenters. The number of nitrogens with zero attached hydrogens (tertiary/aromatic N) is 3. The van der Waals surface area contributed by atoms with Gasteiger partial charge in [-0.3, -0.25) is 0 Å². The van der Waals surface area contributed by atoms with E-state index in [1.165, 1.54) is 13.0 Å². The lowest BCUT2D eigenvalue weighted by Crippen LogP contribution is -2.18. The third-order valence-corrected chi connectivity index (χ3v) is 3.30. The second kappa shape index (κ2) is 7.28. The van der Waals surface area contributed by atoms with Gasteiger partial charge in [0.15, 0.2) is 10.9 Å². The van der Waals surface area contributed by atoms with Gasteiger partial charge in [0.1, 0.15) is 5.56 Å². The van der Waals surface area contributed by atoms with E-state index in [0.717, 1.165) is 7.11 Å². The second-order valence-corrected chi connectivity index (χ2v) is 5.21. The van der Waals surface area contributed by atoms with Gasteiger partial charge in [0, 0.05) is 12.3 Å². The summed E-state index contributed by atoms with van der Waals surface area (Å²) in [5.74, 6) is -1.69. The van der Waals surface area contributed by atoms with Gasteiger partial charge in [-0.2, -0.15) is 18.3 Å². The number of carbonyl (C=O) groups excluding carboxylic acids is 1. The summed E-state index contributed by atoms with van der Waals surface area (Å²) in [5.41, 5.74) is 0.576.